The van der Waals surface area contributed by atoms with Crippen LogP contribution in [0.3, 0.4) is 0 Å². The van der Waals surface area contributed by atoms with Crippen molar-refractivity contribution >= 4 is 40.5 Å². The second-order valence-corrected chi connectivity index (χ2v) is 5.12. The summed E-state index contributed by atoms with van der Waals surface area (Å²) in [5.41, 5.74) is 1.74. The van der Waals surface area contributed by atoms with Crippen molar-refractivity contribution in [3.05, 3.63) is 57.0 Å². The van der Waals surface area contributed by atoms with Crippen LogP contribution in [0, 0.1) is 0 Å². The van der Waals surface area contributed by atoms with E-state index in [0.717, 1.165) is 11.3 Å². The molecule has 0 spiro atoms. The highest BCUT2D eigenvalue weighted by atomic mass is 35.5. The summed E-state index contributed by atoms with van der Waals surface area (Å²) in [6, 6.07) is 10.9. The summed E-state index contributed by atoms with van der Waals surface area (Å²) in [5.74, 6) is 0.642. The Morgan fingerprint density at radius 1 is 1.00 bits per heavy atom. The first-order valence-corrected chi connectivity index (χ1v) is 6.75. The molecule has 0 fully saturated rings. The van der Waals surface area contributed by atoms with Crippen LogP contribution in [0.5, 0.6) is 5.75 Å². The molecule has 0 unspecified atom stereocenters. The fourth-order valence-electron chi connectivity index (χ4n) is 1.67. The molecule has 0 heterocycles. The van der Waals surface area contributed by atoms with Gasteiger partial charge in [-0.25, -0.2) is 0 Å². The average Bonchev–Trinajstić information content (AvgIpc) is 2.38. The summed E-state index contributed by atoms with van der Waals surface area (Å²) in [6.45, 7) is 0.529. The van der Waals surface area contributed by atoms with Crippen molar-refractivity contribution in [1.82, 2.24) is 0 Å². The fraction of sp³-hybridized carbons (Fsp3) is 0.143. The zero-order valence-corrected chi connectivity index (χ0v) is 12.5. The Bertz CT molecular complexity index is 567. The van der Waals surface area contributed by atoms with E-state index in [0.29, 0.717) is 27.4 Å². The molecule has 0 aliphatic carbocycles. The van der Waals surface area contributed by atoms with E-state index in [1.165, 1.54) is 0 Å². The van der Waals surface area contributed by atoms with Crippen molar-refractivity contribution in [1.29, 1.82) is 0 Å². The predicted molar refractivity (Wildman–Crippen MR) is 81.8 cm³/mol. The molecule has 100 valence electrons. The quantitative estimate of drug-likeness (QED) is 0.830. The van der Waals surface area contributed by atoms with Gasteiger partial charge >= 0.3 is 0 Å². The highest BCUT2D eigenvalue weighted by Crippen LogP contribution is 2.29. The predicted octanol–water partition coefficient (Wildman–Crippen LogP) is 5.27. The van der Waals surface area contributed by atoms with Crippen LogP contribution in [-0.4, -0.2) is 7.11 Å². The van der Waals surface area contributed by atoms with Gasteiger partial charge in [-0.1, -0.05) is 40.9 Å². The van der Waals surface area contributed by atoms with Gasteiger partial charge < -0.3 is 10.1 Å². The Kier molecular flexibility index (Phi) is 4.81. The molecule has 5 heteroatoms. The molecule has 0 aliphatic rings. The zero-order chi connectivity index (χ0) is 13.8. The van der Waals surface area contributed by atoms with Crippen molar-refractivity contribution in [2.45, 2.75) is 6.54 Å². The lowest BCUT2D eigenvalue weighted by atomic mass is 10.2. The molecule has 0 aliphatic heterocycles. The maximum Gasteiger partial charge on any atom is 0.137 e. The summed E-state index contributed by atoms with van der Waals surface area (Å²) >= 11 is 18.3. The van der Waals surface area contributed by atoms with Gasteiger partial charge in [0.05, 0.1) is 12.1 Å². The molecule has 2 rings (SSSR count). The van der Waals surface area contributed by atoms with Crippen molar-refractivity contribution in [3.63, 3.8) is 0 Å². The Morgan fingerprint density at radius 3 is 2.26 bits per heavy atom. The van der Waals surface area contributed by atoms with E-state index in [1.807, 2.05) is 24.3 Å². The summed E-state index contributed by atoms with van der Waals surface area (Å²) in [6.07, 6.45) is 0. The maximum atomic E-state index is 6.10. The molecular weight excluding hydrogens is 305 g/mol. The number of anilines is 1. The Hall–Kier alpha value is -1.09. The van der Waals surface area contributed by atoms with E-state index in [9.17, 15) is 0 Å². The van der Waals surface area contributed by atoms with Gasteiger partial charge in [-0.05, 0) is 30.3 Å². The van der Waals surface area contributed by atoms with Gasteiger partial charge in [-0.3, -0.25) is 0 Å². The number of nitrogens with one attached hydrogen (secondary N) is 1. The minimum absolute atomic E-state index is 0.529. The van der Waals surface area contributed by atoms with E-state index in [1.54, 1.807) is 19.2 Å². The Morgan fingerprint density at radius 2 is 1.68 bits per heavy atom. The maximum absolute atomic E-state index is 6.10. The highest BCUT2D eigenvalue weighted by Gasteiger charge is 2.06. The first kappa shape index (κ1) is 14.3. The highest BCUT2D eigenvalue weighted by molar-refractivity contribution is 6.36. The molecule has 0 aromatic heterocycles. The summed E-state index contributed by atoms with van der Waals surface area (Å²) in [7, 11) is 1.58. The van der Waals surface area contributed by atoms with Crippen LogP contribution < -0.4 is 10.1 Å². The Labute approximate surface area is 127 Å². The third-order valence-electron chi connectivity index (χ3n) is 2.68. The summed E-state index contributed by atoms with van der Waals surface area (Å²) in [4.78, 5) is 0. The number of rotatable bonds is 4. The third kappa shape index (κ3) is 3.47. The molecule has 0 saturated heterocycles. The molecule has 1 N–H and O–H groups in total. The van der Waals surface area contributed by atoms with Gasteiger partial charge in [0.25, 0.3) is 0 Å². The van der Waals surface area contributed by atoms with Crippen LogP contribution >= 0.6 is 34.8 Å². The molecule has 2 aromatic carbocycles. The lowest BCUT2D eigenvalue weighted by molar-refractivity contribution is 0.415. The smallest absolute Gasteiger partial charge is 0.137 e. The molecule has 0 radical (unpaired) electrons. The van der Waals surface area contributed by atoms with Crippen LogP contribution in [0.2, 0.25) is 15.1 Å². The summed E-state index contributed by atoms with van der Waals surface area (Å²) < 4.78 is 5.10. The van der Waals surface area contributed by atoms with Crippen LogP contribution in [0.15, 0.2) is 36.4 Å². The number of ether oxygens (including phenoxy) is 1. The molecule has 2 aromatic rings. The molecule has 0 atom stereocenters. The molecule has 2 nitrogen and oxygen atoms in total. The Balaban J connectivity index is 2.13. The molecule has 0 saturated carbocycles. The second-order valence-electron chi connectivity index (χ2n) is 3.90. The number of benzene rings is 2. The van der Waals surface area contributed by atoms with Gasteiger partial charge in [0.2, 0.25) is 0 Å². The second kappa shape index (κ2) is 6.38. The van der Waals surface area contributed by atoms with Gasteiger partial charge in [-0.2, -0.15) is 0 Å². The number of hydrogen-bond acceptors (Lipinski definition) is 2. The van der Waals surface area contributed by atoms with Gasteiger partial charge in [0, 0.05) is 27.8 Å². The first-order valence-electron chi connectivity index (χ1n) is 5.62. The van der Waals surface area contributed by atoms with Gasteiger partial charge in [-0.15, -0.1) is 0 Å². The first-order chi connectivity index (χ1) is 9.11. The largest absolute Gasteiger partial charge is 0.495 e. The number of hydrogen-bond donors (Lipinski definition) is 1. The van der Waals surface area contributed by atoms with E-state index >= 15 is 0 Å². The van der Waals surface area contributed by atoms with Crippen LogP contribution in [-0.2, 0) is 6.54 Å². The van der Waals surface area contributed by atoms with Gasteiger partial charge in [0.1, 0.15) is 5.75 Å². The minimum Gasteiger partial charge on any atom is -0.495 e. The molecule has 0 amide bonds. The topological polar surface area (TPSA) is 21.3 Å². The molecule has 0 bridgehead atoms. The van der Waals surface area contributed by atoms with Crippen LogP contribution in [0.25, 0.3) is 0 Å². The zero-order valence-electron chi connectivity index (χ0n) is 10.2. The van der Waals surface area contributed by atoms with Crippen LogP contribution in [0.1, 0.15) is 5.56 Å². The third-order valence-corrected chi connectivity index (χ3v) is 3.69. The summed E-state index contributed by atoms with van der Waals surface area (Å²) in [5, 5.41) is 5.06. The van der Waals surface area contributed by atoms with E-state index in [4.69, 9.17) is 39.5 Å². The van der Waals surface area contributed by atoms with Gasteiger partial charge in [0.15, 0.2) is 0 Å². The number of halogens is 3. The monoisotopic (exact) mass is 315 g/mol. The van der Waals surface area contributed by atoms with Crippen molar-refractivity contribution < 1.29 is 4.74 Å². The normalized spacial score (nSPS) is 10.3. The van der Waals surface area contributed by atoms with E-state index in [-0.39, 0.29) is 0 Å². The SMILES string of the molecule is COc1ccc(NCc2c(Cl)cccc2Cl)cc1Cl. The van der Waals surface area contributed by atoms with Crippen LogP contribution in [0.4, 0.5) is 5.69 Å². The average molecular weight is 317 g/mol. The molecular formula is C14H12Cl3NO. The van der Waals surface area contributed by atoms with E-state index in [2.05, 4.69) is 5.32 Å². The number of methoxy groups -OCH3 is 1. The fourth-order valence-corrected chi connectivity index (χ4v) is 2.46. The van der Waals surface area contributed by atoms with Crippen molar-refractivity contribution in [3.8, 4) is 5.75 Å². The van der Waals surface area contributed by atoms with Crippen molar-refractivity contribution in [2.75, 3.05) is 12.4 Å². The lowest BCUT2D eigenvalue weighted by Gasteiger charge is -2.11. The van der Waals surface area contributed by atoms with Crippen molar-refractivity contribution in [2.24, 2.45) is 0 Å². The molecule has 19 heavy (non-hydrogen) atoms. The van der Waals surface area contributed by atoms with E-state index < -0.39 is 0 Å². The lowest BCUT2D eigenvalue weighted by Crippen LogP contribution is -2.01. The standard InChI is InChI=1S/C14H12Cl3NO/c1-19-14-6-5-9(7-13(14)17)18-8-10-11(15)3-2-4-12(10)16/h2-7,18H,8H2,1H3. The minimum atomic E-state index is 0.529.